The Morgan fingerprint density at radius 3 is 2.50 bits per heavy atom. The van der Waals surface area contributed by atoms with Gasteiger partial charge >= 0.3 is 0 Å². The minimum Gasteiger partial charge on any atom is -0.307 e. The molecule has 0 spiro atoms. The van der Waals surface area contributed by atoms with Gasteiger partial charge in [-0.3, -0.25) is 4.79 Å². The number of aromatic nitrogens is 2. The van der Waals surface area contributed by atoms with Crippen molar-refractivity contribution in [3.63, 3.8) is 0 Å². The van der Waals surface area contributed by atoms with E-state index in [1.54, 1.807) is 0 Å². The van der Waals surface area contributed by atoms with Crippen molar-refractivity contribution < 1.29 is 4.79 Å². The van der Waals surface area contributed by atoms with E-state index in [9.17, 15) is 4.79 Å². The molecular formula is C20H27N3O. The van der Waals surface area contributed by atoms with Gasteiger partial charge in [0, 0.05) is 11.1 Å². The fraction of sp³-hybridized carbons (Fsp3) is 0.500. The van der Waals surface area contributed by atoms with Gasteiger partial charge in [-0.2, -0.15) is 5.10 Å². The molecule has 128 valence electrons. The van der Waals surface area contributed by atoms with E-state index in [-0.39, 0.29) is 5.91 Å². The van der Waals surface area contributed by atoms with Gasteiger partial charge in [0.1, 0.15) is 5.82 Å². The predicted octanol–water partition coefficient (Wildman–Crippen LogP) is 4.61. The molecule has 1 aliphatic carbocycles. The molecule has 1 aliphatic rings. The second-order valence-electron chi connectivity index (χ2n) is 7.45. The third-order valence-electron chi connectivity index (χ3n) is 4.76. The van der Waals surface area contributed by atoms with Crippen LogP contribution in [0.15, 0.2) is 30.5 Å². The normalized spacial score (nSPS) is 15.5. The van der Waals surface area contributed by atoms with Crippen LogP contribution in [0.1, 0.15) is 61.1 Å². The lowest BCUT2D eigenvalue weighted by Gasteiger charge is -2.16. The van der Waals surface area contributed by atoms with E-state index in [0.29, 0.717) is 23.4 Å². The van der Waals surface area contributed by atoms with E-state index < -0.39 is 0 Å². The summed E-state index contributed by atoms with van der Waals surface area (Å²) in [5.74, 6) is 2.06. The molecular weight excluding hydrogens is 298 g/mol. The first-order chi connectivity index (χ1) is 11.5. The van der Waals surface area contributed by atoms with Crippen molar-refractivity contribution in [1.82, 2.24) is 9.78 Å². The van der Waals surface area contributed by atoms with Crippen LogP contribution in [0.4, 0.5) is 5.82 Å². The fourth-order valence-electron chi connectivity index (χ4n) is 3.13. The molecule has 1 fully saturated rings. The maximum atomic E-state index is 12.6. The molecule has 1 amide bonds. The van der Waals surface area contributed by atoms with E-state index in [4.69, 9.17) is 0 Å². The molecule has 1 heterocycles. The summed E-state index contributed by atoms with van der Waals surface area (Å²) in [6.07, 6.45) is 5.38. The zero-order chi connectivity index (χ0) is 17.3. The second-order valence-corrected chi connectivity index (χ2v) is 7.45. The van der Waals surface area contributed by atoms with Gasteiger partial charge in [-0.1, -0.05) is 26.0 Å². The Labute approximate surface area is 144 Å². The number of nitrogens with zero attached hydrogens (tertiary/aromatic N) is 2. The summed E-state index contributed by atoms with van der Waals surface area (Å²) >= 11 is 0. The standard InChI is InChI=1S/C20H27N3O/c1-13(2)11-16-5-7-18(8-6-16)20(24)22-19-14(3)12-21-23(19)15(4)17-9-10-17/h5-8,12-13,15,17H,9-11H2,1-4H3,(H,22,24)/t15-/m1/s1. The molecule has 0 saturated heterocycles. The van der Waals surface area contributed by atoms with Crippen LogP contribution in [0, 0.1) is 18.8 Å². The van der Waals surface area contributed by atoms with Gasteiger partial charge in [0.25, 0.3) is 5.91 Å². The van der Waals surface area contributed by atoms with Crippen LogP contribution in [0.3, 0.4) is 0 Å². The minimum atomic E-state index is -0.0704. The number of carbonyl (C=O) groups is 1. The van der Waals surface area contributed by atoms with Gasteiger partial charge in [0.15, 0.2) is 0 Å². The lowest BCUT2D eigenvalue weighted by atomic mass is 10.0. The van der Waals surface area contributed by atoms with E-state index >= 15 is 0 Å². The van der Waals surface area contributed by atoms with Crippen LogP contribution in [0.5, 0.6) is 0 Å². The zero-order valence-electron chi connectivity index (χ0n) is 15.0. The van der Waals surface area contributed by atoms with Gasteiger partial charge < -0.3 is 5.32 Å². The highest BCUT2D eigenvalue weighted by molar-refractivity contribution is 6.04. The van der Waals surface area contributed by atoms with Crippen molar-refractivity contribution in [3.05, 3.63) is 47.2 Å². The summed E-state index contributed by atoms with van der Waals surface area (Å²) in [7, 11) is 0. The molecule has 2 aromatic rings. The van der Waals surface area contributed by atoms with Crippen LogP contribution in [0.2, 0.25) is 0 Å². The molecule has 1 aromatic carbocycles. The summed E-state index contributed by atoms with van der Waals surface area (Å²) in [4.78, 5) is 12.6. The maximum Gasteiger partial charge on any atom is 0.256 e. The lowest BCUT2D eigenvalue weighted by molar-refractivity contribution is 0.102. The Morgan fingerprint density at radius 1 is 1.25 bits per heavy atom. The highest BCUT2D eigenvalue weighted by Gasteiger charge is 2.31. The molecule has 4 heteroatoms. The molecule has 24 heavy (non-hydrogen) atoms. The quantitative estimate of drug-likeness (QED) is 0.843. The van der Waals surface area contributed by atoms with E-state index in [2.05, 4.69) is 31.2 Å². The number of hydrogen-bond donors (Lipinski definition) is 1. The van der Waals surface area contributed by atoms with Gasteiger partial charge in [0.05, 0.1) is 12.2 Å². The molecule has 1 saturated carbocycles. The number of hydrogen-bond acceptors (Lipinski definition) is 2. The van der Waals surface area contributed by atoms with Crippen LogP contribution in [-0.2, 0) is 6.42 Å². The maximum absolute atomic E-state index is 12.6. The van der Waals surface area contributed by atoms with Crippen molar-refractivity contribution >= 4 is 11.7 Å². The van der Waals surface area contributed by atoms with Crippen molar-refractivity contribution in [1.29, 1.82) is 0 Å². The summed E-state index contributed by atoms with van der Waals surface area (Å²) < 4.78 is 1.97. The van der Waals surface area contributed by atoms with Gasteiger partial charge in [0.2, 0.25) is 0 Å². The predicted molar refractivity (Wildman–Crippen MR) is 97.3 cm³/mol. The summed E-state index contributed by atoms with van der Waals surface area (Å²) in [5.41, 5.74) is 2.96. The number of amides is 1. The van der Waals surface area contributed by atoms with Crippen molar-refractivity contribution in [2.24, 2.45) is 11.8 Å². The molecule has 1 atom stereocenters. The van der Waals surface area contributed by atoms with Crippen LogP contribution >= 0.6 is 0 Å². The smallest absolute Gasteiger partial charge is 0.256 e. The van der Waals surface area contributed by atoms with E-state index in [0.717, 1.165) is 17.8 Å². The Kier molecular flexibility index (Phi) is 4.74. The number of rotatable bonds is 6. The third kappa shape index (κ3) is 3.69. The number of carbonyl (C=O) groups excluding carboxylic acids is 1. The first-order valence-corrected chi connectivity index (χ1v) is 8.90. The molecule has 3 rings (SSSR count). The average molecular weight is 325 g/mol. The zero-order valence-corrected chi connectivity index (χ0v) is 15.0. The largest absolute Gasteiger partial charge is 0.307 e. The first-order valence-electron chi connectivity index (χ1n) is 8.90. The van der Waals surface area contributed by atoms with Crippen LogP contribution in [0.25, 0.3) is 0 Å². The summed E-state index contributed by atoms with van der Waals surface area (Å²) in [6, 6.07) is 8.25. The summed E-state index contributed by atoms with van der Waals surface area (Å²) in [5, 5.41) is 7.53. The monoisotopic (exact) mass is 325 g/mol. The molecule has 0 unspecified atom stereocenters. The Bertz CT molecular complexity index is 711. The van der Waals surface area contributed by atoms with Crippen LogP contribution < -0.4 is 5.32 Å². The molecule has 4 nitrogen and oxygen atoms in total. The van der Waals surface area contributed by atoms with E-state index in [1.165, 1.54) is 18.4 Å². The fourth-order valence-corrected chi connectivity index (χ4v) is 3.13. The van der Waals surface area contributed by atoms with Crippen molar-refractivity contribution in [3.8, 4) is 0 Å². The Balaban J connectivity index is 1.74. The minimum absolute atomic E-state index is 0.0704. The van der Waals surface area contributed by atoms with Crippen molar-refractivity contribution in [2.45, 2.75) is 53.0 Å². The third-order valence-corrected chi connectivity index (χ3v) is 4.76. The highest BCUT2D eigenvalue weighted by atomic mass is 16.1. The molecule has 1 aromatic heterocycles. The van der Waals surface area contributed by atoms with Crippen LogP contribution in [-0.4, -0.2) is 15.7 Å². The first kappa shape index (κ1) is 16.7. The van der Waals surface area contributed by atoms with Gasteiger partial charge in [-0.15, -0.1) is 0 Å². The molecule has 0 aliphatic heterocycles. The molecule has 1 N–H and O–H groups in total. The number of nitrogens with one attached hydrogen (secondary N) is 1. The Morgan fingerprint density at radius 2 is 1.92 bits per heavy atom. The van der Waals surface area contributed by atoms with Gasteiger partial charge in [-0.25, -0.2) is 4.68 Å². The van der Waals surface area contributed by atoms with E-state index in [1.807, 2.05) is 42.1 Å². The van der Waals surface area contributed by atoms with Crippen molar-refractivity contribution in [2.75, 3.05) is 5.32 Å². The highest BCUT2D eigenvalue weighted by Crippen LogP contribution is 2.40. The Hall–Kier alpha value is -2.10. The second kappa shape index (κ2) is 6.80. The number of aryl methyl sites for hydroxylation is 1. The number of benzene rings is 1. The molecule has 0 bridgehead atoms. The summed E-state index contributed by atoms with van der Waals surface area (Å²) in [6.45, 7) is 8.57. The lowest BCUT2D eigenvalue weighted by Crippen LogP contribution is -2.19. The van der Waals surface area contributed by atoms with Gasteiger partial charge in [-0.05, 0) is 62.6 Å². The SMILES string of the molecule is Cc1cnn([C@H](C)C2CC2)c1NC(=O)c1ccc(CC(C)C)cc1. The molecule has 0 radical (unpaired) electrons. The number of anilines is 1. The average Bonchev–Trinajstić information content (AvgIpc) is 3.33. The topological polar surface area (TPSA) is 46.9 Å².